The van der Waals surface area contributed by atoms with Crippen molar-refractivity contribution in [2.75, 3.05) is 63.2 Å². The zero-order valence-corrected chi connectivity index (χ0v) is 23.1. The lowest BCUT2D eigenvalue weighted by Gasteiger charge is -2.31. The van der Waals surface area contributed by atoms with Crippen LogP contribution >= 0.6 is 11.6 Å². The molecule has 4 aromatic rings. The van der Waals surface area contributed by atoms with Gasteiger partial charge in [-0.1, -0.05) is 17.7 Å². The van der Waals surface area contributed by atoms with E-state index in [4.69, 9.17) is 16.6 Å². The predicted molar refractivity (Wildman–Crippen MR) is 156 cm³/mol. The molecule has 1 fully saturated rings. The summed E-state index contributed by atoms with van der Waals surface area (Å²) in [5, 5.41) is 22.0. The Morgan fingerprint density at radius 1 is 1.05 bits per heavy atom. The zero-order chi connectivity index (χ0) is 28.2. The largest absolute Gasteiger partial charge is 0.507 e. The van der Waals surface area contributed by atoms with Crippen molar-refractivity contribution >= 4 is 29.4 Å². The molecule has 5 rings (SSSR count). The standard InChI is InChI=1S/C29H31ClFN7O2/c1-36(2)9-10-38(18-39)26-4-3-19(11-25(26)30)23-13-22(31)14-24(29(23)40)20-12-27(37-7-5-32-6-8-37)28(33-15-20)21-16-34-35-17-21/h3-4,11-18,32,40H,5-10H2,1-2H3,(H,34,35). The molecule has 3 heterocycles. The monoisotopic (exact) mass is 563 g/mol. The van der Waals surface area contributed by atoms with Crippen LogP contribution in [0.2, 0.25) is 5.02 Å². The molecule has 2 aromatic heterocycles. The summed E-state index contributed by atoms with van der Waals surface area (Å²) in [6.45, 7) is 4.35. The van der Waals surface area contributed by atoms with E-state index in [1.807, 2.05) is 25.1 Å². The number of nitrogens with zero attached hydrogens (tertiary/aromatic N) is 5. The van der Waals surface area contributed by atoms with Crippen LogP contribution in [0.1, 0.15) is 0 Å². The number of halogens is 2. The molecule has 1 amide bonds. The van der Waals surface area contributed by atoms with Crippen molar-refractivity contribution in [1.29, 1.82) is 0 Å². The number of carbonyl (C=O) groups excluding carboxylic acids is 1. The molecular weight excluding hydrogens is 533 g/mol. The summed E-state index contributed by atoms with van der Waals surface area (Å²) in [7, 11) is 3.84. The van der Waals surface area contributed by atoms with Gasteiger partial charge in [0.25, 0.3) is 0 Å². The Kier molecular flexibility index (Phi) is 8.29. The molecule has 0 unspecified atom stereocenters. The van der Waals surface area contributed by atoms with Crippen LogP contribution in [0.5, 0.6) is 5.75 Å². The molecule has 0 aliphatic carbocycles. The quantitative estimate of drug-likeness (QED) is 0.262. The van der Waals surface area contributed by atoms with E-state index < -0.39 is 5.82 Å². The number of aromatic hydroxyl groups is 1. The number of amides is 1. The van der Waals surface area contributed by atoms with Gasteiger partial charge >= 0.3 is 0 Å². The third kappa shape index (κ3) is 5.79. The maximum atomic E-state index is 15.0. The fraction of sp³-hybridized carbons (Fsp3) is 0.276. The van der Waals surface area contributed by atoms with E-state index in [1.165, 1.54) is 17.0 Å². The molecule has 208 valence electrons. The first-order valence-corrected chi connectivity index (χ1v) is 13.4. The van der Waals surface area contributed by atoms with E-state index in [0.717, 1.165) is 49.5 Å². The SMILES string of the molecule is CN(C)CCN(C=O)c1ccc(-c2cc(F)cc(-c3cnc(-c4cn[nH]c4)c(N4CCNCC4)c3)c2O)cc1Cl. The Balaban J connectivity index is 1.54. The van der Waals surface area contributed by atoms with Gasteiger partial charge in [-0.15, -0.1) is 0 Å². The summed E-state index contributed by atoms with van der Waals surface area (Å²) < 4.78 is 15.0. The molecular formula is C29H31ClFN7O2. The van der Waals surface area contributed by atoms with Crippen LogP contribution in [0.15, 0.2) is 55.0 Å². The topological polar surface area (TPSA) is 101 Å². The van der Waals surface area contributed by atoms with Gasteiger partial charge in [-0.3, -0.25) is 14.9 Å². The highest BCUT2D eigenvalue weighted by molar-refractivity contribution is 6.34. The summed E-state index contributed by atoms with van der Waals surface area (Å²) in [5.74, 6) is -0.597. The van der Waals surface area contributed by atoms with Crippen molar-refractivity contribution in [3.8, 4) is 39.3 Å². The summed E-state index contributed by atoms with van der Waals surface area (Å²) in [4.78, 5) is 22.1. The average Bonchev–Trinajstić information content (AvgIpc) is 3.50. The number of benzene rings is 2. The molecule has 3 N–H and O–H groups in total. The molecule has 11 heteroatoms. The molecule has 1 aliphatic heterocycles. The number of anilines is 2. The highest BCUT2D eigenvalue weighted by Gasteiger charge is 2.21. The minimum atomic E-state index is -0.508. The van der Waals surface area contributed by atoms with E-state index in [9.17, 15) is 9.90 Å². The molecule has 1 saturated heterocycles. The first-order valence-electron chi connectivity index (χ1n) is 13.0. The second kappa shape index (κ2) is 12.0. The number of aromatic amines is 1. The third-order valence-electron chi connectivity index (χ3n) is 6.97. The van der Waals surface area contributed by atoms with E-state index in [1.54, 1.807) is 36.8 Å². The number of H-pyrrole nitrogens is 1. The van der Waals surface area contributed by atoms with Gasteiger partial charge in [0.05, 0.1) is 28.3 Å². The molecule has 0 spiro atoms. The van der Waals surface area contributed by atoms with E-state index in [-0.39, 0.29) is 11.3 Å². The number of hydrogen-bond donors (Lipinski definition) is 3. The predicted octanol–water partition coefficient (Wildman–Crippen LogP) is 4.24. The summed E-state index contributed by atoms with van der Waals surface area (Å²) in [6.07, 6.45) is 5.86. The maximum Gasteiger partial charge on any atom is 0.214 e. The number of likely N-dealkylation sites (N-methyl/N-ethyl adjacent to an activating group) is 1. The van der Waals surface area contributed by atoms with Gasteiger partial charge in [0.15, 0.2) is 0 Å². The number of carbonyl (C=O) groups is 1. The van der Waals surface area contributed by atoms with Crippen LogP contribution in [0.4, 0.5) is 15.8 Å². The highest BCUT2D eigenvalue weighted by atomic mass is 35.5. The minimum absolute atomic E-state index is 0.0887. The molecule has 40 heavy (non-hydrogen) atoms. The van der Waals surface area contributed by atoms with E-state index in [2.05, 4.69) is 20.4 Å². The molecule has 0 saturated carbocycles. The number of phenolic OH excluding ortho intramolecular Hbond substituents is 1. The molecule has 9 nitrogen and oxygen atoms in total. The number of pyridine rings is 1. The Hall–Kier alpha value is -3.99. The van der Waals surface area contributed by atoms with Crippen LogP contribution in [-0.2, 0) is 4.79 Å². The Bertz CT molecular complexity index is 1490. The van der Waals surface area contributed by atoms with Crippen molar-refractivity contribution < 1.29 is 14.3 Å². The van der Waals surface area contributed by atoms with Gasteiger partial charge < -0.3 is 25.1 Å². The fourth-order valence-corrected chi connectivity index (χ4v) is 5.12. The molecule has 0 bridgehead atoms. The lowest BCUT2D eigenvalue weighted by atomic mass is 9.96. The lowest BCUT2D eigenvalue weighted by Crippen LogP contribution is -2.43. The first kappa shape index (κ1) is 27.6. The first-order chi connectivity index (χ1) is 19.4. The van der Waals surface area contributed by atoms with Gasteiger partial charge in [0, 0.05) is 73.9 Å². The highest BCUT2D eigenvalue weighted by Crippen LogP contribution is 2.42. The zero-order valence-electron chi connectivity index (χ0n) is 22.4. The van der Waals surface area contributed by atoms with Gasteiger partial charge in [0.2, 0.25) is 6.41 Å². The van der Waals surface area contributed by atoms with Crippen LogP contribution in [0, 0.1) is 5.82 Å². The van der Waals surface area contributed by atoms with Gasteiger partial charge in [-0.25, -0.2) is 4.39 Å². The summed E-state index contributed by atoms with van der Waals surface area (Å²) >= 11 is 6.57. The van der Waals surface area contributed by atoms with Crippen LogP contribution < -0.4 is 15.1 Å². The summed E-state index contributed by atoms with van der Waals surface area (Å²) in [5.41, 5.74) is 4.73. The van der Waals surface area contributed by atoms with Gasteiger partial charge in [-0.2, -0.15) is 5.10 Å². The van der Waals surface area contributed by atoms with Crippen LogP contribution in [0.3, 0.4) is 0 Å². The number of hydrogen-bond acceptors (Lipinski definition) is 7. The molecule has 0 atom stereocenters. The molecule has 0 radical (unpaired) electrons. The second-order valence-electron chi connectivity index (χ2n) is 9.93. The van der Waals surface area contributed by atoms with Crippen molar-refractivity contribution in [3.05, 3.63) is 65.8 Å². The third-order valence-corrected chi connectivity index (χ3v) is 7.27. The number of piperazine rings is 1. The number of rotatable bonds is 9. The van der Waals surface area contributed by atoms with Crippen LogP contribution in [-0.4, -0.2) is 85.0 Å². The van der Waals surface area contributed by atoms with Gasteiger partial charge in [-0.05, 0) is 50.0 Å². The lowest BCUT2D eigenvalue weighted by molar-refractivity contribution is -0.107. The maximum absolute atomic E-state index is 15.0. The average molecular weight is 564 g/mol. The second-order valence-corrected chi connectivity index (χ2v) is 10.3. The van der Waals surface area contributed by atoms with Crippen molar-refractivity contribution in [2.24, 2.45) is 0 Å². The van der Waals surface area contributed by atoms with Crippen LogP contribution in [0.25, 0.3) is 33.5 Å². The van der Waals surface area contributed by atoms with Gasteiger partial charge in [0.1, 0.15) is 11.6 Å². The number of nitrogens with one attached hydrogen (secondary N) is 2. The van der Waals surface area contributed by atoms with Crippen molar-refractivity contribution in [1.82, 2.24) is 25.4 Å². The summed E-state index contributed by atoms with van der Waals surface area (Å²) in [6, 6.07) is 9.57. The van der Waals surface area contributed by atoms with E-state index in [0.29, 0.717) is 40.5 Å². The fourth-order valence-electron chi connectivity index (χ4n) is 4.83. The Labute approximate surface area is 237 Å². The van der Waals surface area contributed by atoms with Crippen molar-refractivity contribution in [3.63, 3.8) is 0 Å². The van der Waals surface area contributed by atoms with Crippen molar-refractivity contribution in [2.45, 2.75) is 0 Å². The molecule has 1 aliphatic rings. The Morgan fingerprint density at radius 2 is 1.80 bits per heavy atom. The van der Waals surface area contributed by atoms with E-state index >= 15 is 4.39 Å². The Morgan fingerprint density at radius 3 is 2.45 bits per heavy atom. The molecule has 2 aromatic carbocycles. The number of phenols is 1. The normalized spacial score (nSPS) is 13.6. The minimum Gasteiger partial charge on any atom is -0.507 e. The number of aromatic nitrogens is 3. The smallest absolute Gasteiger partial charge is 0.214 e.